The molecule has 3 rings (SSSR count). The first-order valence-corrected chi connectivity index (χ1v) is 13.0. The van der Waals surface area contributed by atoms with Gasteiger partial charge in [0, 0.05) is 18.0 Å². The lowest BCUT2D eigenvalue weighted by Gasteiger charge is -2.09. The molecule has 0 radical (unpaired) electrons. The minimum atomic E-state index is -0.262. The molecule has 0 saturated carbocycles. The van der Waals surface area contributed by atoms with Crippen LogP contribution in [0.5, 0.6) is 5.75 Å². The Kier molecular flexibility index (Phi) is 11.3. The number of rotatable bonds is 15. The van der Waals surface area contributed by atoms with Gasteiger partial charge in [-0.3, -0.25) is 0 Å². The van der Waals surface area contributed by atoms with E-state index in [0.29, 0.717) is 18.8 Å². The quantitative estimate of drug-likeness (QED) is 0.168. The van der Waals surface area contributed by atoms with Gasteiger partial charge in [-0.05, 0) is 66.8 Å². The van der Waals surface area contributed by atoms with Gasteiger partial charge in [0.1, 0.15) is 12.4 Å². The highest BCUT2D eigenvalue weighted by molar-refractivity contribution is 5.89. The maximum atomic E-state index is 12.2. The molecule has 35 heavy (non-hydrogen) atoms. The van der Waals surface area contributed by atoms with E-state index in [0.717, 1.165) is 48.4 Å². The van der Waals surface area contributed by atoms with Crippen molar-refractivity contribution >= 4 is 5.97 Å². The number of benzene rings is 2. The number of esters is 1. The van der Waals surface area contributed by atoms with Crippen molar-refractivity contribution < 1.29 is 14.3 Å². The molecule has 0 spiro atoms. The summed E-state index contributed by atoms with van der Waals surface area (Å²) in [5.41, 5.74) is 3.70. The Bertz CT molecular complexity index is 999. The van der Waals surface area contributed by atoms with Gasteiger partial charge in [0.05, 0.1) is 12.2 Å². The first-order valence-electron chi connectivity index (χ1n) is 13.0. The Morgan fingerprint density at radius 3 is 2.09 bits per heavy atom. The van der Waals surface area contributed by atoms with Gasteiger partial charge in [-0.1, -0.05) is 64.5 Å². The predicted octanol–water partition coefficient (Wildman–Crippen LogP) is 7.58. The number of unbranched alkanes of at least 4 members (excludes halogenated alkanes) is 6. The molecule has 0 saturated heterocycles. The Labute approximate surface area is 209 Å². The highest BCUT2D eigenvalue weighted by Gasteiger charge is 2.07. The maximum absolute atomic E-state index is 12.2. The third-order valence-corrected chi connectivity index (χ3v) is 5.96. The van der Waals surface area contributed by atoms with Gasteiger partial charge in [-0.15, -0.1) is 0 Å². The SMILES string of the molecule is CCCCCCCCOC(=O)c1ccc(COc2ccc(-c3ncc(CCCC)cn3)cc2)cc1. The molecule has 1 heterocycles. The van der Waals surface area contributed by atoms with Crippen LogP contribution < -0.4 is 4.74 Å². The molecule has 0 aliphatic heterocycles. The fourth-order valence-electron chi connectivity index (χ4n) is 3.75. The summed E-state index contributed by atoms with van der Waals surface area (Å²) in [6.07, 6.45) is 14.2. The van der Waals surface area contributed by atoms with Gasteiger partial charge in [-0.2, -0.15) is 0 Å². The normalized spacial score (nSPS) is 10.8. The van der Waals surface area contributed by atoms with Crippen LogP contribution in [0.3, 0.4) is 0 Å². The van der Waals surface area contributed by atoms with E-state index in [4.69, 9.17) is 9.47 Å². The van der Waals surface area contributed by atoms with Crippen molar-refractivity contribution in [1.29, 1.82) is 0 Å². The number of aryl methyl sites for hydroxylation is 1. The van der Waals surface area contributed by atoms with Gasteiger partial charge in [-0.25, -0.2) is 14.8 Å². The average molecular weight is 475 g/mol. The summed E-state index contributed by atoms with van der Waals surface area (Å²) in [6, 6.07) is 15.2. The molecule has 0 N–H and O–H groups in total. The summed E-state index contributed by atoms with van der Waals surface area (Å²) in [4.78, 5) is 21.2. The standard InChI is InChI=1S/C30H38N2O3/c1-3-5-7-8-9-10-20-34-30(33)27-14-12-24(13-15-27)23-35-28-18-16-26(17-19-28)29-31-21-25(22-32-29)11-6-4-2/h12-19,21-22H,3-11,20,23H2,1-2H3. The van der Waals surface area contributed by atoms with Gasteiger partial charge < -0.3 is 9.47 Å². The lowest BCUT2D eigenvalue weighted by molar-refractivity contribution is 0.0497. The zero-order chi connectivity index (χ0) is 24.7. The van der Waals surface area contributed by atoms with Crippen molar-refractivity contribution in [3.05, 3.63) is 77.6 Å². The summed E-state index contributed by atoms with van der Waals surface area (Å²) in [7, 11) is 0. The van der Waals surface area contributed by atoms with Crippen LogP contribution in [0.15, 0.2) is 60.9 Å². The predicted molar refractivity (Wildman–Crippen MR) is 141 cm³/mol. The lowest BCUT2D eigenvalue weighted by atomic mass is 10.1. The van der Waals surface area contributed by atoms with Crippen LogP contribution in [0.1, 0.15) is 86.7 Å². The highest BCUT2D eigenvalue weighted by atomic mass is 16.5. The molecule has 0 unspecified atom stereocenters. The smallest absolute Gasteiger partial charge is 0.338 e. The number of carbonyl (C=O) groups is 1. The van der Waals surface area contributed by atoms with Crippen molar-refractivity contribution in [2.75, 3.05) is 6.61 Å². The second-order valence-electron chi connectivity index (χ2n) is 8.93. The van der Waals surface area contributed by atoms with E-state index in [2.05, 4.69) is 23.8 Å². The van der Waals surface area contributed by atoms with Crippen LogP contribution >= 0.6 is 0 Å². The van der Waals surface area contributed by atoms with E-state index >= 15 is 0 Å². The number of hydrogen-bond donors (Lipinski definition) is 0. The first kappa shape index (κ1) is 26.4. The zero-order valence-corrected chi connectivity index (χ0v) is 21.2. The van der Waals surface area contributed by atoms with Gasteiger partial charge >= 0.3 is 5.97 Å². The molecule has 2 aromatic carbocycles. The summed E-state index contributed by atoms with van der Waals surface area (Å²) >= 11 is 0. The Balaban J connectivity index is 1.41. The van der Waals surface area contributed by atoms with E-state index in [-0.39, 0.29) is 5.97 Å². The molecule has 0 aliphatic rings. The molecule has 0 amide bonds. The number of nitrogens with zero attached hydrogens (tertiary/aromatic N) is 2. The van der Waals surface area contributed by atoms with Crippen molar-refractivity contribution in [1.82, 2.24) is 9.97 Å². The molecule has 186 valence electrons. The lowest BCUT2D eigenvalue weighted by Crippen LogP contribution is -2.06. The van der Waals surface area contributed by atoms with Crippen molar-refractivity contribution in [2.45, 2.75) is 78.2 Å². The average Bonchev–Trinajstić information content (AvgIpc) is 2.91. The van der Waals surface area contributed by atoms with Crippen LogP contribution in [-0.2, 0) is 17.8 Å². The Morgan fingerprint density at radius 2 is 1.40 bits per heavy atom. The Hall–Kier alpha value is -3.21. The third-order valence-electron chi connectivity index (χ3n) is 5.96. The molecule has 5 heteroatoms. The number of aromatic nitrogens is 2. The monoisotopic (exact) mass is 474 g/mol. The second kappa shape index (κ2) is 14.9. The van der Waals surface area contributed by atoms with Crippen LogP contribution in [0.2, 0.25) is 0 Å². The molecular weight excluding hydrogens is 436 g/mol. The van der Waals surface area contributed by atoms with Crippen molar-refractivity contribution in [3.8, 4) is 17.1 Å². The topological polar surface area (TPSA) is 61.3 Å². The number of carbonyl (C=O) groups excluding carboxylic acids is 1. The second-order valence-corrected chi connectivity index (χ2v) is 8.93. The minimum absolute atomic E-state index is 0.262. The largest absolute Gasteiger partial charge is 0.489 e. The fourth-order valence-corrected chi connectivity index (χ4v) is 3.75. The van der Waals surface area contributed by atoms with E-state index in [1.54, 1.807) is 12.1 Å². The van der Waals surface area contributed by atoms with Crippen LogP contribution in [0, 0.1) is 0 Å². The van der Waals surface area contributed by atoms with Crippen molar-refractivity contribution in [3.63, 3.8) is 0 Å². The first-order chi connectivity index (χ1) is 17.2. The summed E-state index contributed by atoms with van der Waals surface area (Å²) < 4.78 is 11.3. The summed E-state index contributed by atoms with van der Waals surface area (Å²) in [5.74, 6) is 1.23. The summed E-state index contributed by atoms with van der Waals surface area (Å²) in [5, 5.41) is 0. The molecule has 3 aromatic rings. The third kappa shape index (κ3) is 9.16. The minimum Gasteiger partial charge on any atom is -0.489 e. The van der Waals surface area contributed by atoms with E-state index in [1.165, 1.54) is 37.7 Å². The number of ether oxygens (including phenoxy) is 2. The van der Waals surface area contributed by atoms with Gasteiger partial charge in [0.2, 0.25) is 0 Å². The van der Waals surface area contributed by atoms with Gasteiger partial charge in [0.25, 0.3) is 0 Å². The van der Waals surface area contributed by atoms with Crippen LogP contribution in [0.25, 0.3) is 11.4 Å². The van der Waals surface area contributed by atoms with Crippen LogP contribution in [-0.4, -0.2) is 22.5 Å². The van der Waals surface area contributed by atoms with Crippen molar-refractivity contribution in [2.24, 2.45) is 0 Å². The van der Waals surface area contributed by atoms with Gasteiger partial charge in [0.15, 0.2) is 5.82 Å². The van der Waals surface area contributed by atoms with Crippen LogP contribution in [0.4, 0.5) is 0 Å². The molecule has 0 aliphatic carbocycles. The zero-order valence-electron chi connectivity index (χ0n) is 21.2. The highest BCUT2D eigenvalue weighted by Crippen LogP contribution is 2.20. The van der Waals surface area contributed by atoms with E-state index in [1.807, 2.05) is 48.8 Å². The Morgan fingerprint density at radius 1 is 0.743 bits per heavy atom. The molecule has 0 fully saturated rings. The molecule has 0 atom stereocenters. The molecule has 0 bridgehead atoms. The van der Waals surface area contributed by atoms with E-state index < -0.39 is 0 Å². The fraction of sp³-hybridized carbons (Fsp3) is 0.433. The molecule has 5 nitrogen and oxygen atoms in total. The summed E-state index contributed by atoms with van der Waals surface area (Å²) in [6.45, 7) is 5.30. The maximum Gasteiger partial charge on any atom is 0.338 e. The number of hydrogen-bond acceptors (Lipinski definition) is 5. The van der Waals surface area contributed by atoms with E-state index in [9.17, 15) is 4.79 Å². The molecular formula is C30H38N2O3. The molecule has 1 aromatic heterocycles.